The Morgan fingerprint density at radius 2 is 1.61 bits per heavy atom. The molecule has 165 valence electrons. The predicted octanol–water partition coefficient (Wildman–Crippen LogP) is 6.72. The second-order valence-corrected chi connectivity index (χ2v) is 11.2. The van der Waals surface area contributed by atoms with Crippen LogP contribution >= 0.6 is 0 Å². The van der Waals surface area contributed by atoms with Crippen molar-refractivity contribution < 1.29 is 24.8 Å². The third kappa shape index (κ3) is 2.36. The van der Waals surface area contributed by atoms with Gasteiger partial charge >= 0.3 is 0 Å². The fraction of sp³-hybridized carbons (Fsp3) is 0.519. The fourth-order valence-electron chi connectivity index (χ4n) is 6.38. The van der Waals surface area contributed by atoms with E-state index in [4.69, 9.17) is 9.72 Å². The summed E-state index contributed by atoms with van der Waals surface area (Å²) in [6.07, 6.45) is 4.47. The molecule has 3 aliphatic rings. The molecule has 6 rings (SSSR count). The topological polar surface area (TPSA) is 27.1 Å². The van der Waals surface area contributed by atoms with E-state index in [2.05, 4.69) is 70.4 Å². The Balaban J connectivity index is 0.00000204. The summed E-state index contributed by atoms with van der Waals surface area (Å²) in [5, 5.41) is 0. The van der Waals surface area contributed by atoms with E-state index < -0.39 is 0 Å². The summed E-state index contributed by atoms with van der Waals surface area (Å²) in [6.45, 7) is 14.4. The smallest absolute Gasteiger partial charge is 0.169 e. The van der Waals surface area contributed by atoms with Crippen LogP contribution in [-0.2, 0) is 36.7 Å². The minimum atomic E-state index is -0.311. The van der Waals surface area contributed by atoms with Crippen LogP contribution in [0, 0.1) is 11.5 Å². The summed E-state index contributed by atoms with van der Waals surface area (Å²) < 4.78 is 9.14. The number of hydrogen-bond donors (Lipinski definition) is 0. The van der Waals surface area contributed by atoms with Gasteiger partial charge in [-0.15, -0.1) is 24.3 Å². The van der Waals surface area contributed by atoms with Crippen molar-refractivity contribution in [3.63, 3.8) is 0 Å². The molecule has 0 saturated heterocycles. The van der Waals surface area contributed by atoms with Crippen molar-refractivity contribution in [2.24, 2.45) is 5.41 Å². The molecule has 1 aromatic heterocycles. The van der Waals surface area contributed by atoms with E-state index >= 15 is 0 Å². The normalized spacial score (nSPS) is 23.0. The largest absolute Gasteiger partial charge is 0.514 e. The zero-order valence-electron chi connectivity index (χ0n) is 19.4. The number of imidazole rings is 1. The number of benzene rings is 2. The zero-order valence-corrected chi connectivity index (χ0v) is 21.7. The first-order chi connectivity index (χ1) is 14.1. The summed E-state index contributed by atoms with van der Waals surface area (Å²) in [5.74, 6) is 1.95. The van der Waals surface area contributed by atoms with E-state index in [-0.39, 0.29) is 42.1 Å². The van der Waals surface area contributed by atoms with Gasteiger partial charge in [-0.3, -0.25) is 4.98 Å². The average molecular weight is 592 g/mol. The minimum Gasteiger partial charge on any atom is -0.514 e. The molecule has 31 heavy (non-hydrogen) atoms. The van der Waals surface area contributed by atoms with Crippen LogP contribution in [0.25, 0.3) is 22.4 Å². The van der Waals surface area contributed by atoms with Crippen LogP contribution in [0.15, 0.2) is 30.3 Å². The molecule has 2 aromatic carbocycles. The summed E-state index contributed by atoms with van der Waals surface area (Å²) in [6, 6.07) is 14.3. The van der Waals surface area contributed by atoms with Crippen LogP contribution in [0.5, 0.6) is 5.75 Å². The molecule has 0 atom stereocenters. The Morgan fingerprint density at radius 3 is 2.29 bits per heavy atom. The second kappa shape index (κ2) is 6.23. The Bertz CT molecular complexity index is 1210. The third-order valence-electron chi connectivity index (χ3n) is 9.40. The third-order valence-corrected chi connectivity index (χ3v) is 9.40. The van der Waals surface area contributed by atoms with Gasteiger partial charge in [0.2, 0.25) is 0 Å². The first-order valence-electron chi connectivity index (χ1n) is 11.4. The SMILES string of the molecule is CC1(C)c2cc3nc4n(c3cc2C(C)(C)C1(C)C)C1(CCCC1)Oc1ccc[c-]c1-4.[Ir]. The molecule has 0 unspecified atom stereocenters. The van der Waals surface area contributed by atoms with E-state index in [9.17, 15) is 0 Å². The number of aromatic nitrogens is 2. The monoisotopic (exact) mass is 592 g/mol. The first-order valence-corrected chi connectivity index (χ1v) is 11.4. The van der Waals surface area contributed by atoms with Crippen LogP contribution in [0.4, 0.5) is 0 Å². The molecule has 0 amide bonds. The number of nitrogens with zero attached hydrogens (tertiary/aromatic N) is 2. The van der Waals surface area contributed by atoms with Crippen LogP contribution < -0.4 is 4.74 Å². The standard InChI is InChI=1S/C27H31N2O.Ir/c1-24(2)18-15-20-21(16-19(18)25(3,4)26(24,5)6)29-23(28-20)17-11-7-8-12-22(17)30-27(29)13-9-10-14-27;/h7-8,12,15-16H,9-10,13-14H2,1-6H3;/q-1;. The average Bonchev–Trinajstić information content (AvgIpc) is 3.33. The molecular formula is C27H31IrN2O-. The van der Waals surface area contributed by atoms with Crippen LogP contribution in [0.2, 0.25) is 0 Å². The van der Waals surface area contributed by atoms with Crippen molar-refractivity contribution in [3.05, 3.63) is 47.5 Å². The van der Waals surface area contributed by atoms with Gasteiger partial charge < -0.3 is 9.30 Å². The minimum absolute atomic E-state index is 0. The fourth-order valence-corrected chi connectivity index (χ4v) is 6.38. The van der Waals surface area contributed by atoms with Gasteiger partial charge in [0.05, 0.1) is 16.9 Å². The van der Waals surface area contributed by atoms with Gasteiger partial charge in [0.15, 0.2) is 5.72 Å². The van der Waals surface area contributed by atoms with E-state index in [0.717, 1.165) is 35.5 Å². The van der Waals surface area contributed by atoms with Crippen LogP contribution in [-0.4, -0.2) is 9.55 Å². The maximum atomic E-state index is 6.72. The van der Waals surface area contributed by atoms with E-state index in [1.807, 2.05) is 12.1 Å². The summed E-state index contributed by atoms with van der Waals surface area (Å²) in [5.41, 5.74) is 6.19. The van der Waals surface area contributed by atoms with Gasteiger partial charge in [-0.25, -0.2) is 0 Å². The Labute approximate surface area is 198 Å². The summed E-state index contributed by atoms with van der Waals surface area (Å²) in [7, 11) is 0. The summed E-state index contributed by atoms with van der Waals surface area (Å²) in [4.78, 5) is 5.20. The predicted molar refractivity (Wildman–Crippen MR) is 121 cm³/mol. The number of rotatable bonds is 0. The molecule has 3 aromatic rings. The molecule has 3 nitrogen and oxygen atoms in total. The van der Waals surface area contributed by atoms with Crippen molar-refractivity contribution >= 4 is 11.0 Å². The van der Waals surface area contributed by atoms with Gasteiger partial charge in [-0.05, 0) is 52.3 Å². The van der Waals surface area contributed by atoms with Gasteiger partial charge in [-0.1, -0.05) is 47.1 Å². The van der Waals surface area contributed by atoms with Crippen LogP contribution in [0.3, 0.4) is 0 Å². The van der Waals surface area contributed by atoms with Gasteiger partial charge in [0, 0.05) is 38.7 Å². The molecule has 4 heteroatoms. The first kappa shape index (κ1) is 21.2. The Kier molecular flexibility index (Phi) is 4.27. The molecule has 1 aliphatic heterocycles. The molecule has 0 N–H and O–H groups in total. The van der Waals surface area contributed by atoms with Gasteiger partial charge in [-0.2, -0.15) is 0 Å². The second-order valence-electron chi connectivity index (χ2n) is 11.2. The Morgan fingerprint density at radius 1 is 0.968 bits per heavy atom. The molecule has 2 heterocycles. The van der Waals surface area contributed by atoms with E-state index in [1.165, 1.54) is 29.5 Å². The summed E-state index contributed by atoms with van der Waals surface area (Å²) >= 11 is 0. The number of fused-ring (bicyclic) bond motifs is 7. The van der Waals surface area contributed by atoms with Crippen molar-refractivity contribution in [3.8, 4) is 17.1 Å². The maximum Gasteiger partial charge on any atom is 0.169 e. The molecule has 0 bridgehead atoms. The quantitative estimate of drug-likeness (QED) is 0.272. The number of ether oxygens (including phenoxy) is 1. The zero-order chi connectivity index (χ0) is 21.1. The molecule has 1 saturated carbocycles. The molecule has 1 spiro atoms. The number of hydrogen-bond acceptors (Lipinski definition) is 2. The maximum absolute atomic E-state index is 6.72. The van der Waals surface area contributed by atoms with Gasteiger partial charge in [0.1, 0.15) is 0 Å². The Hall–Kier alpha value is -1.64. The molecule has 2 aliphatic carbocycles. The van der Waals surface area contributed by atoms with E-state index in [1.54, 1.807) is 0 Å². The molecule has 1 radical (unpaired) electrons. The van der Waals surface area contributed by atoms with E-state index in [0.29, 0.717) is 0 Å². The molecule has 1 fully saturated rings. The van der Waals surface area contributed by atoms with Crippen molar-refractivity contribution in [2.45, 2.75) is 83.8 Å². The van der Waals surface area contributed by atoms with Crippen molar-refractivity contribution in [1.29, 1.82) is 0 Å². The van der Waals surface area contributed by atoms with Crippen LogP contribution in [0.1, 0.15) is 78.4 Å². The van der Waals surface area contributed by atoms with Gasteiger partial charge in [0.25, 0.3) is 0 Å². The van der Waals surface area contributed by atoms with Crippen molar-refractivity contribution in [1.82, 2.24) is 9.55 Å². The molecular weight excluding hydrogens is 561 g/mol. The van der Waals surface area contributed by atoms with Crippen molar-refractivity contribution in [2.75, 3.05) is 0 Å².